The molecule has 4 nitrogen and oxygen atoms in total. The SMILES string of the molecule is CSCc1ccc(C(=O)Nc2cc(Cl)ccc2NC(C)=O)cc1. The lowest BCUT2D eigenvalue weighted by atomic mass is 10.1. The second-order valence-electron chi connectivity index (χ2n) is 4.96. The fourth-order valence-electron chi connectivity index (χ4n) is 2.03. The Balaban J connectivity index is 2.18. The molecule has 0 aliphatic carbocycles. The van der Waals surface area contributed by atoms with Crippen LogP contribution in [0.25, 0.3) is 0 Å². The van der Waals surface area contributed by atoms with Gasteiger partial charge in [0.05, 0.1) is 11.4 Å². The molecule has 23 heavy (non-hydrogen) atoms. The first kappa shape index (κ1) is 17.4. The van der Waals surface area contributed by atoms with Gasteiger partial charge in [0.1, 0.15) is 0 Å². The summed E-state index contributed by atoms with van der Waals surface area (Å²) >= 11 is 7.70. The van der Waals surface area contributed by atoms with Crippen LogP contribution in [0.5, 0.6) is 0 Å². The lowest BCUT2D eigenvalue weighted by Gasteiger charge is -2.12. The number of hydrogen-bond acceptors (Lipinski definition) is 3. The summed E-state index contributed by atoms with van der Waals surface area (Å²) in [6, 6.07) is 12.3. The van der Waals surface area contributed by atoms with Crippen LogP contribution in [0.1, 0.15) is 22.8 Å². The molecule has 0 heterocycles. The van der Waals surface area contributed by atoms with Crippen LogP contribution in [-0.4, -0.2) is 18.1 Å². The number of carbonyl (C=O) groups excluding carboxylic acids is 2. The van der Waals surface area contributed by atoms with E-state index in [-0.39, 0.29) is 11.8 Å². The summed E-state index contributed by atoms with van der Waals surface area (Å²) in [6.07, 6.45) is 2.03. The lowest BCUT2D eigenvalue weighted by Crippen LogP contribution is -2.15. The maximum atomic E-state index is 12.4. The van der Waals surface area contributed by atoms with Crippen molar-refractivity contribution < 1.29 is 9.59 Å². The Hall–Kier alpha value is -1.98. The Kier molecular flexibility index (Phi) is 6.07. The molecule has 0 fully saturated rings. The van der Waals surface area contributed by atoms with Crippen LogP contribution in [0, 0.1) is 0 Å². The summed E-state index contributed by atoms with van der Waals surface area (Å²) in [5, 5.41) is 5.93. The van der Waals surface area contributed by atoms with E-state index < -0.39 is 0 Å². The van der Waals surface area contributed by atoms with Gasteiger partial charge in [0.25, 0.3) is 5.91 Å². The van der Waals surface area contributed by atoms with Gasteiger partial charge in [0.2, 0.25) is 5.91 Å². The average Bonchev–Trinajstić information content (AvgIpc) is 2.50. The Morgan fingerprint density at radius 1 is 1.04 bits per heavy atom. The number of halogens is 1. The molecular weight excluding hydrogens is 332 g/mol. The standard InChI is InChI=1S/C17H17ClN2O2S/c1-11(21)19-15-8-7-14(18)9-16(15)20-17(22)13-5-3-12(4-6-13)10-23-2/h3-9H,10H2,1-2H3,(H,19,21)(H,20,22). The Morgan fingerprint density at radius 2 is 1.74 bits per heavy atom. The van der Waals surface area contributed by atoms with E-state index in [1.165, 1.54) is 6.92 Å². The van der Waals surface area contributed by atoms with Gasteiger partial charge in [-0.05, 0) is 42.2 Å². The van der Waals surface area contributed by atoms with Crippen molar-refractivity contribution in [1.82, 2.24) is 0 Å². The summed E-state index contributed by atoms with van der Waals surface area (Å²) in [5.74, 6) is 0.432. The van der Waals surface area contributed by atoms with Crippen LogP contribution in [0.3, 0.4) is 0 Å². The highest BCUT2D eigenvalue weighted by Crippen LogP contribution is 2.26. The molecule has 0 aliphatic heterocycles. The number of hydrogen-bond donors (Lipinski definition) is 2. The molecular formula is C17H17ClN2O2S. The van der Waals surface area contributed by atoms with E-state index in [4.69, 9.17) is 11.6 Å². The third-order valence-electron chi connectivity index (χ3n) is 3.07. The Bertz CT molecular complexity index is 717. The largest absolute Gasteiger partial charge is 0.325 e. The van der Waals surface area contributed by atoms with Gasteiger partial charge in [0, 0.05) is 23.3 Å². The second kappa shape index (κ2) is 8.04. The smallest absolute Gasteiger partial charge is 0.255 e. The molecule has 2 amide bonds. The van der Waals surface area contributed by atoms with Crippen molar-refractivity contribution in [2.24, 2.45) is 0 Å². The number of anilines is 2. The molecule has 0 spiro atoms. The van der Waals surface area contributed by atoms with Gasteiger partial charge in [-0.2, -0.15) is 11.8 Å². The fourth-order valence-corrected chi connectivity index (χ4v) is 2.73. The fraction of sp³-hybridized carbons (Fsp3) is 0.176. The minimum Gasteiger partial charge on any atom is -0.325 e. The maximum Gasteiger partial charge on any atom is 0.255 e. The van der Waals surface area contributed by atoms with Gasteiger partial charge in [-0.1, -0.05) is 23.7 Å². The van der Waals surface area contributed by atoms with Gasteiger partial charge in [-0.25, -0.2) is 0 Å². The molecule has 0 saturated heterocycles. The number of amides is 2. The van der Waals surface area contributed by atoms with E-state index in [9.17, 15) is 9.59 Å². The highest BCUT2D eigenvalue weighted by atomic mass is 35.5. The van der Waals surface area contributed by atoms with Crippen molar-refractivity contribution in [1.29, 1.82) is 0 Å². The molecule has 0 atom stereocenters. The van der Waals surface area contributed by atoms with Crippen LogP contribution in [-0.2, 0) is 10.5 Å². The first-order valence-electron chi connectivity index (χ1n) is 6.96. The maximum absolute atomic E-state index is 12.4. The van der Waals surface area contributed by atoms with E-state index >= 15 is 0 Å². The van der Waals surface area contributed by atoms with Crippen molar-refractivity contribution in [2.75, 3.05) is 16.9 Å². The van der Waals surface area contributed by atoms with Gasteiger partial charge < -0.3 is 10.6 Å². The van der Waals surface area contributed by atoms with Crippen molar-refractivity contribution in [3.05, 3.63) is 58.6 Å². The summed E-state index contributed by atoms with van der Waals surface area (Å²) in [4.78, 5) is 23.6. The molecule has 0 unspecified atom stereocenters. The lowest BCUT2D eigenvalue weighted by molar-refractivity contribution is -0.114. The highest BCUT2D eigenvalue weighted by Gasteiger charge is 2.11. The van der Waals surface area contributed by atoms with Crippen LogP contribution in [0.15, 0.2) is 42.5 Å². The third kappa shape index (κ3) is 5.01. The molecule has 2 aromatic carbocycles. The molecule has 0 bridgehead atoms. The van der Waals surface area contributed by atoms with Crippen molar-refractivity contribution in [3.63, 3.8) is 0 Å². The van der Waals surface area contributed by atoms with Crippen LogP contribution < -0.4 is 10.6 Å². The van der Waals surface area contributed by atoms with Crippen molar-refractivity contribution in [2.45, 2.75) is 12.7 Å². The molecule has 0 saturated carbocycles. The normalized spacial score (nSPS) is 10.2. The molecule has 2 aromatic rings. The van der Waals surface area contributed by atoms with Gasteiger partial charge in [-0.3, -0.25) is 9.59 Å². The molecule has 6 heteroatoms. The summed E-state index contributed by atoms with van der Waals surface area (Å²) in [5.41, 5.74) is 2.68. The minimum absolute atomic E-state index is 0.218. The van der Waals surface area contributed by atoms with E-state index in [0.29, 0.717) is 22.0 Å². The number of nitrogens with one attached hydrogen (secondary N) is 2. The van der Waals surface area contributed by atoms with E-state index in [2.05, 4.69) is 10.6 Å². The number of rotatable bonds is 5. The van der Waals surface area contributed by atoms with Gasteiger partial charge >= 0.3 is 0 Å². The Morgan fingerprint density at radius 3 is 2.35 bits per heavy atom. The summed E-state index contributed by atoms with van der Waals surface area (Å²) < 4.78 is 0. The van der Waals surface area contributed by atoms with Gasteiger partial charge in [0.15, 0.2) is 0 Å². The minimum atomic E-state index is -0.255. The zero-order chi connectivity index (χ0) is 16.8. The van der Waals surface area contributed by atoms with E-state index in [1.807, 2.05) is 18.4 Å². The number of benzene rings is 2. The summed E-state index contributed by atoms with van der Waals surface area (Å²) in [6.45, 7) is 1.41. The van der Waals surface area contributed by atoms with Gasteiger partial charge in [-0.15, -0.1) is 0 Å². The Labute approximate surface area is 144 Å². The predicted octanol–water partition coefficient (Wildman–Crippen LogP) is 4.41. The van der Waals surface area contributed by atoms with Crippen LogP contribution >= 0.6 is 23.4 Å². The molecule has 120 valence electrons. The van der Waals surface area contributed by atoms with Crippen molar-refractivity contribution in [3.8, 4) is 0 Å². The average molecular weight is 349 g/mol. The second-order valence-corrected chi connectivity index (χ2v) is 6.26. The molecule has 2 rings (SSSR count). The quantitative estimate of drug-likeness (QED) is 0.841. The van der Waals surface area contributed by atoms with Crippen molar-refractivity contribution >= 4 is 46.6 Å². The molecule has 2 N–H and O–H groups in total. The van der Waals surface area contributed by atoms with Crippen LogP contribution in [0.2, 0.25) is 5.02 Å². The molecule has 0 radical (unpaired) electrons. The van der Waals surface area contributed by atoms with Crippen LogP contribution in [0.4, 0.5) is 11.4 Å². The zero-order valence-corrected chi connectivity index (χ0v) is 14.4. The topological polar surface area (TPSA) is 58.2 Å². The van der Waals surface area contributed by atoms with E-state index in [1.54, 1.807) is 42.1 Å². The third-order valence-corrected chi connectivity index (χ3v) is 3.92. The zero-order valence-electron chi connectivity index (χ0n) is 12.9. The summed E-state index contributed by atoms with van der Waals surface area (Å²) in [7, 11) is 0. The highest BCUT2D eigenvalue weighted by molar-refractivity contribution is 7.97. The number of thioether (sulfide) groups is 1. The number of carbonyl (C=O) groups is 2. The first-order chi connectivity index (χ1) is 11.0. The predicted molar refractivity (Wildman–Crippen MR) is 97.4 cm³/mol. The monoisotopic (exact) mass is 348 g/mol. The van der Waals surface area contributed by atoms with E-state index in [0.717, 1.165) is 11.3 Å². The molecule has 0 aromatic heterocycles. The molecule has 0 aliphatic rings. The first-order valence-corrected chi connectivity index (χ1v) is 8.73.